The highest BCUT2D eigenvalue weighted by Gasteiger charge is 2.11. The third-order valence-electron chi connectivity index (χ3n) is 2.97. The van der Waals surface area contributed by atoms with Gasteiger partial charge >= 0.3 is 0 Å². The Hall–Kier alpha value is -2.86. The highest BCUT2D eigenvalue weighted by atomic mass is 16.5. The molecule has 0 saturated carbocycles. The zero-order chi connectivity index (χ0) is 14.7. The summed E-state index contributed by atoms with van der Waals surface area (Å²) in [7, 11) is 1.59. The molecular weight excluding hydrogens is 268 g/mol. The van der Waals surface area contributed by atoms with Crippen LogP contribution in [0, 0.1) is 0 Å². The average Bonchev–Trinajstić information content (AvgIpc) is 2.55. The number of nitrogens with zero attached hydrogens (tertiary/aromatic N) is 2. The molecule has 1 heterocycles. The van der Waals surface area contributed by atoms with Crippen molar-refractivity contribution < 1.29 is 9.47 Å². The van der Waals surface area contributed by atoms with Crippen molar-refractivity contribution in [1.29, 1.82) is 0 Å². The molecule has 3 aromatic rings. The number of aromatic nitrogens is 2. The second-order valence-corrected chi connectivity index (χ2v) is 4.27. The fourth-order valence-electron chi connectivity index (χ4n) is 2.00. The molecule has 0 atom stereocenters. The van der Waals surface area contributed by atoms with Crippen LogP contribution in [0.5, 0.6) is 17.4 Å². The number of benzene rings is 2. The molecular formula is C15H14N4O2. The van der Waals surface area contributed by atoms with E-state index in [-0.39, 0.29) is 0 Å². The van der Waals surface area contributed by atoms with E-state index in [1.807, 2.05) is 48.5 Å². The second kappa shape index (κ2) is 5.64. The van der Waals surface area contributed by atoms with Crippen molar-refractivity contribution in [3.63, 3.8) is 0 Å². The lowest BCUT2D eigenvalue weighted by Crippen LogP contribution is -2.11. The Bertz CT molecular complexity index is 776. The van der Waals surface area contributed by atoms with E-state index in [9.17, 15) is 0 Å². The van der Waals surface area contributed by atoms with Gasteiger partial charge in [0, 0.05) is 0 Å². The van der Waals surface area contributed by atoms with Gasteiger partial charge in [0.15, 0.2) is 11.5 Å². The maximum absolute atomic E-state index is 5.88. The Morgan fingerprint density at radius 3 is 2.43 bits per heavy atom. The van der Waals surface area contributed by atoms with Crippen LogP contribution in [0.1, 0.15) is 0 Å². The second-order valence-electron chi connectivity index (χ2n) is 4.27. The van der Waals surface area contributed by atoms with E-state index in [0.29, 0.717) is 23.3 Å². The van der Waals surface area contributed by atoms with Gasteiger partial charge in [-0.2, -0.15) is 4.98 Å². The van der Waals surface area contributed by atoms with E-state index < -0.39 is 0 Å². The van der Waals surface area contributed by atoms with E-state index >= 15 is 0 Å². The third kappa shape index (κ3) is 2.56. The van der Waals surface area contributed by atoms with Crippen molar-refractivity contribution >= 4 is 16.9 Å². The minimum absolute atomic E-state index is 0.290. The number of nitrogens with two attached hydrogens (primary N) is 1. The third-order valence-corrected chi connectivity index (χ3v) is 2.97. The summed E-state index contributed by atoms with van der Waals surface area (Å²) in [6.07, 6.45) is 0. The van der Waals surface area contributed by atoms with Crippen LogP contribution in [0.25, 0.3) is 10.9 Å². The molecule has 0 unspecified atom stereocenters. The molecule has 3 rings (SSSR count). The number of hydrogen-bond donors (Lipinski definition) is 2. The molecule has 0 amide bonds. The number of fused-ring (bicyclic) bond motifs is 1. The Balaban J connectivity index is 2.11. The van der Waals surface area contributed by atoms with E-state index in [1.54, 1.807) is 7.11 Å². The number of methoxy groups -OCH3 is 1. The van der Waals surface area contributed by atoms with Gasteiger partial charge in [-0.1, -0.05) is 24.3 Å². The molecule has 0 bridgehead atoms. The molecule has 106 valence electrons. The first-order valence-corrected chi connectivity index (χ1v) is 6.36. The lowest BCUT2D eigenvalue weighted by Gasteiger charge is -2.11. The van der Waals surface area contributed by atoms with Crippen molar-refractivity contribution in [2.24, 2.45) is 5.84 Å². The minimum atomic E-state index is 0.290. The van der Waals surface area contributed by atoms with Crippen molar-refractivity contribution in [1.82, 2.24) is 9.97 Å². The topological polar surface area (TPSA) is 82.3 Å². The molecule has 0 spiro atoms. The van der Waals surface area contributed by atoms with Crippen LogP contribution < -0.4 is 20.7 Å². The number of hydrogen-bond acceptors (Lipinski definition) is 6. The van der Waals surface area contributed by atoms with Crippen molar-refractivity contribution in [3.05, 3.63) is 48.5 Å². The minimum Gasteiger partial charge on any atom is -0.493 e. The summed E-state index contributed by atoms with van der Waals surface area (Å²) in [5.41, 5.74) is 3.18. The number of para-hydroxylation sites is 3. The monoisotopic (exact) mass is 282 g/mol. The lowest BCUT2D eigenvalue weighted by molar-refractivity contribution is 0.376. The summed E-state index contributed by atoms with van der Waals surface area (Å²) in [5.74, 6) is 7.31. The quantitative estimate of drug-likeness (QED) is 0.565. The fourth-order valence-corrected chi connectivity index (χ4v) is 2.00. The molecule has 0 saturated heterocycles. The van der Waals surface area contributed by atoms with Crippen LogP contribution >= 0.6 is 0 Å². The first-order chi connectivity index (χ1) is 10.3. The fraction of sp³-hybridized carbons (Fsp3) is 0.0667. The summed E-state index contributed by atoms with van der Waals surface area (Å²) in [4.78, 5) is 8.55. The van der Waals surface area contributed by atoms with E-state index in [4.69, 9.17) is 15.3 Å². The number of rotatable bonds is 4. The van der Waals surface area contributed by atoms with E-state index in [1.165, 1.54) is 0 Å². The number of nitrogen functional groups attached to an aromatic ring is 1. The molecule has 0 aliphatic heterocycles. The van der Waals surface area contributed by atoms with Gasteiger partial charge in [0.1, 0.15) is 0 Å². The molecule has 6 nitrogen and oxygen atoms in total. The molecule has 0 aliphatic rings. The van der Waals surface area contributed by atoms with E-state index in [2.05, 4.69) is 15.4 Å². The van der Waals surface area contributed by atoms with Gasteiger partial charge in [-0.3, -0.25) is 5.43 Å². The van der Waals surface area contributed by atoms with Crippen molar-refractivity contribution in [3.8, 4) is 17.4 Å². The largest absolute Gasteiger partial charge is 0.493 e. The van der Waals surface area contributed by atoms with Gasteiger partial charge in [-0.05, 0) is 24.3 Å². The molecule has 21 heavy (non-hydrogen) atoms. The Labute approximate surface area is 121 Å². The SMILES string of the molecule is COc1ccccc1Oc1nc(NN)nc2ccccc12. The zero-order valence-electron chi connectivity index (χ0n) is 11.4. The lowest BCUT2D eigenvalue weighted by atomic mass is 10.2. The van der Waals surface area contributed by atoms with Gasteiger partial charge < -0.3 is 9.47 Å². The normalized spacial score (nSPS) is 10.4. The van der Waals surface area contributed by atoms with E-state index in [0.717, 1.165) is 10.9 Å². The van der Waals surface area contributed by atoms with Crippen molar-refractivity contribution in [2.75, 3.05) is 12.5 Å². The van der Waals surface area contributed by atoms with Gasteiger partial charge in [0.25, 0.3) is 0 Å². The first-order valence-electron chi connectivity index (χ1n) is 6.36. The van der Waals surface area contributed by atoms with Crippen LogP contribution in [-0.2, 0) is 0 Å². The van der Waals surface area contributed by atoms with Crippen LogP contribution in [-0.4, -0.2) is 17.1 Å². The number of hydrazine groups is 1. The summed E-state index contributed by atoms with van der Waals surface area (Å²) >= 11 is 0. The molecule has 2 aromatic carbocycles. The molecule has 6 heteroatoms. The molecule has 1 aromatic heterocycles. The summed E-state index contributed by atoms with van der Waals surface area (Å²) in [6.45, 7) is 0. The highest BCUT2D eigenvalue weighted by molar-refractivity contribution is 5.84. The Morgan fingerprint density at radius 2 is 1.67 bits per heavy atom. The van der Waals surface area contributed by atoms with Crippen LogP contribution in [0.3, 0.4) is 0 Å². The average molecular weight is 282 g/mol. The zero-order valence-corrected chi connectivity index (χ0v) is 11.4. The molecule has 3 N–H and O–H groups in total. The molecule has 0 radical (unpaired) electrons. The number of anilines is 1. The summed E-state index contributed by atoms with van der Waals surface area (Å²) in [5, 5.41) is 0.794. The van der Waals surface area contributed by atoms with Crippen LogP contribution in [0.2, 0.25) is 0 Å². The van der Waals surface area contributed by atoms with Crippen LogP contribution in [0.15, 0.2) is 48.5 Å². The highest BCUT2D eigenvalue weighted by Crippen LogP contribution is 2.33. The van der Waals surface area contributed by atoms with Crippen molar-refractivity contribution in [2.45, 2.75) is 0 Å². The summed E-state index contributed by atoms with van der Waals surface area (Å²) in [6, 6.07) is 14.9. The number of ether oxygens (including phenoxy) is 2. The Kier molecular flexibility index (Phi) is 3.53. The predicted molar refractivity (Wildman–Crippen MR) is 80.4 cm³/mol. The van der Waals surface area contributed by atoms with Gasteiger partial charge in [-0.15, -0.1) is 0 Å². The molecule has 0 fully saturated rings. The maximum atomic E-state index is 5.88. The standard InChI is InChI=1S/C15H14N4O2/c1-20-12-8-4-5-9-13(12)21-14-10-6-2-3-7-11(10)17-15(18-14)19-16/h2-9H,16H2,1H3,(H,17,18,19). The number of nitrogens with one attached hydrogen (secondary N) is 1. The molecule has 0 aliphatic carbocycles. The summed E-state index contributed by atoms with van der Waals surface area (Å²) < 4.78 is 11.2. The first kappa shape index (κ1) is 13.1. The van der Waals surface area contributed by atoms with Gasteiger partial charge in [0.05, 0.1) is 18.0 Å². The van der Waals surface area contributed by atoms with Gasteiger partial charge in [-0.25, -0.2) is 10.8 Å². The Morgan fingerprint density at radius 1 is 0.952 bits per heavy atom. The van der Waals surface area contributed by atoms with Crippen LogP contribution in [0.4, 0.5) is 5.95 Å². The van der Waals surface area contributed by atoms with Gasteiger partial charge in [0.2, 0.25) is 11.8 Å². The smallest absolute Gasteiger partial charge is 0.241 e. The maximum Gasteiger partial charge on any atom is 0.241 e. The predicted octanol–water partition coefficient (Wildman–Crippen LogP) is 2.72.